The second-order valence-electron chi connectivity index (χ2n) is 7.25. The molecule has 4 nitrogen and oxygen atoms in total. The van der Waals surface area contributed by atoms with Gasteiger partial charge in [0.2, 0.25) is 0 Å². The Morgan fingerprint density at radius 3 is 1.90 bits per heavy atom. The minimum Gasteiger partial charge on any atom is -0.494 e. The van der Waals surface area contributed by atoms with E-state index < -0.39 is 0 Å². The predicted octanol–water partition coefficient (Wildman–Crippen LogP) is 7.06. The van der Waals surface area contributed by atoms with Crippen LogP contribution in [0.5, 0.6) is 23.0 Å². The molecule has 0 aliphatic rings. The fraction of sp³-hybridized carbons (Fsp3) is 0.308. The molecule has 0 saturated heterocycles. The third-order valence-electron chi connectivity index (χ3n) is 4.68. The molecule has 0 amide bonds. The maximum Gasteiger partial charge on any atom is 0.127 e. The van der Waals surface area contributed by atoms with Crippen LogP contribution in [-0.4, -0.2) is 12.7 Å². The van der Waals surface area contributed by atoms with E-state index in [1.165, 1.54) is 5.56 Å². The summed E-state index contributed by atoms with van der Waals surface area (Å²) >= 11 is 0. The molecule has 0 aliphatic heterocycles. The predicted molar refractivity (Wildman–Crippen MR) is 123 cm³/mol. The molecule has 3 aromatic rings. The highest BCUT2D eigenvalue weighted by Crippen LogP contribution is 2.25. The van der Waals surface area contributed by atoms with Crippen molar-refractivity contribution in [3.05, 3.63) is 78.4 Å². The molecule has 0 spiro atoms. The van der Waals surface area contributed by atoms with E-state index in [-0.39, 0.29) is 6.10 Å². The van der Waals surface area contributed by atoms with Crippen molar-refractivity contribution in [2.45, 2.75) is 46.3 Å². The van der Waals surface area contributed by atoms with Crippen molar-refractivity contribution in [1.82, 2.24) is 0 Å². The molecule has 0 fully saturated rings. The summed E-state index contributed by atoms with van der Waals surface area (Å²) in [5, 5.41) is 3.44. The SMILES string of the molecule is CCCC(C)Oc1ccc(CNc2ccc(Oc3ccc(OCC)cc3)cc2)cc1. The van der Waals surface area contributed by atoms with Crippen LogP contribution >= 0.6 is 0 Å². The van der Waals surface area contributed by atoms with E-state index in [4.69, 9.17) is 14.2 Å². The summed E-state index contributed by atoms with van der Waals surface area (Å²) in [4.78, 5) is 0. The Kier molecular flexibility index (Phi) is 8.02. The van der Waals surface area contributed by atoms with E-state index in [0.717, 1.165) is 48.1 Å². The van der Waals surface area contributed by atoms with Gasteiger partial charge in [-0.2, -0.15) is 0 Å². The summed E-state index contributed by atoms with van der Waals surface area (Å²) in [6, 6.07) is 23.9. The number of rotatable bonds is 11. The summed E-state index contributed by atoms with van der Waals surface area (Å²) < 4.78 is 17.3. The topological polar surface area (TPSA) is 39.7 Å². The fourth-order valence-electron chi connectivity index (χ4n) is 3.14. The molecule has 0 bridgehead atoms. The third-order valence-corrected chi connectivity index (χ3v) is 4.68. The highest BCUT2D eigenvalue weighted by Gasteiger charge is 2.03. The molecule has 1 atom stereocenters. The van der Waals surface area contributed by atoms with Crippen LogP contribution in [0.15, 0.2) is 72.8 Å². The minimum atomic E-state index is 0.252. The number of hydrogen-bond donors (Lipinski definition) is 1. The first-order valence-corrected chi connectivity index (χ1v) is 10.7. The van der Waals surface area contributed by atoms with Crippen LogP contribution in [0.2, 0.25) is 0 Å². The molecular weight excluding hydrogens is 374 g/mol. The monoisotopic (exact) mass is 405 g/mol. The molecule has 1 unspecified atom stereocenters. The zero-order chi connectivity index (χ0) is 21.2. The Hall–Kier alpha value is -3.14. The molecule has 0 aliphatic carbocycles. The van der Waals surface area contributed by atoms with Crippen molar-refractivity contribution in [2.75, 3.05) is 11.9 Å². The van der Waals surface area contributed by atoms with Crippen LogP contribution in [0.3, 0.4) is 0 Å². The van der Waals surface area contributed by atoms with Crippen LogP contribution in [0.25, 0.3) is 0 Å². The van der Waals surface area contributed by atoms with E-state index >= 15 is 0 Å². The van der Waals surface area contributed by atoms with Crippen LogP contribution in [0, 0.1) is 0 Å². The molecule has 158 valence electrons. The van der Waals surface area contributed by atoms with Crippen LogP contribution in [0.4, 0.5) is 5.69 Å². The van der Waals surface area contributed by atoms with Gasteiger partial charge in [-0.05, 0) is 86.5 Å². The maximum absolute atomic E-state index is 5.91. The first-order chi connectivity index (χ1) is 14.7. The van der Waals surface area contributed by atoms with E-state index in [2.05, 4.69) is 31.3 Å². The van der Waals surface area contributed by atoms with Gasteiger partial charge in [0.15, 0.2) is 0 Å². The summed E-state index contributed by atoms with van der Waals surface area (Å²) in [5.41, 5.74) is 2.26. The van der Waals surface area contributed by atoms with Gasteiger partial charge in [-0.1, -0.05) is 25.5 Å². The van der Waals surface area contributed by atoms with Crippen molar-refractivity contribution in [3.63, 3.8) is 0 Å². The van der Waals surface area contributed by atoms with E-state index in [9.17, 15) is 0 Å². The Bertz CT molecular complexity index is 874. The first-order valence-electron chi connectivity index (χ1n) is 10.7. The highest BCUT2D eigenvalue weighted by molar-refractivity contribution is 5.48. The van der Waals surface area contributed by atoms with Crippen molar-refractivity contribution in [3.8, 4) is 23.0 Å². The summed E-state index contributed by atoms with van der Waals surface area (Å²) in [6.07, 6.45) is 2.46. The van der Waals surface area contributed by atoms with Gasteiger partial charge in [0.25, 0.3) is 0 Å². The second kappa shape index (κ2) is 11.1. The molecule has 0 aromatic heterocycles. The molecular formula is C26H31NO3. The highest BCUT2D eigenvalue weighted by atomic mass is 16.5. The molecule has 0 heterocycles. The normalized spacial score (nSPS) is 11.6. The maximum atomic E-state index is 5.91. The second-order valence-corrected chi connectivity index (χ2v) is 7.25. The zero-order valence-corrected chi connectivity index (χ0v) is 18.1. The lowest BCUT2D eigenvalue weighted by atomic mass is 10.2. The van der Waals surface area contributed by atoms with Crippen molar-refractivity contribution < 1.29 is 14.2 Å². The van der Waals surface area contributed by atoms with Crippen molar-refractivity contribution in [1.29, 1.82) is 0 Å². The summed E-state index contributed by atoms with van der Waals surface area (Å²) in [5.74, 6) is 3.36. The van der Waals surface area contributed by atoms with Crippen LogP contribution < -0.4 is 19.5 Å². The standard InChI is InChI=1S/C26H31NO3/c1-4-6-20(3)29-24-11-7-21(8-12-24)19-27-22-9-13-25(14-10-22)30-26-17-15-23(16-18-26)28-5-2/h7-18,20,27H,4-6,19H2,1-3H3. The summed E-state index contributed by atoms with van der Waals surface area (Å²) in [6.45, 7) is 7.67. The molecule has 0 saturated carbocycles. The quantitative estimate of drug-likeness (QED) is 0.371. The van der Waals surface area contributed by atoms with Gasteiger partial charge in [-0.3, -0.25) is 0 Å². The van der Waals surface area contributed by atoms with E-state index in [1.54, 1.807) is 0 Å². The number of anilines is 1. The van der Waals surface area contributed by atoms with Gasteiger partial charge < -0.3 is 19.5 Å². The Morgan fingerprint density at radius 2 is 1.30 bits per heavy atom. The van der Waals surface area contributed by atoms with Crippen molar-refractivity contribution in [2.24, 2.45) is 0 Å². The molecule has 1 N–H and O–H groups in total. The van der Waals surface area contributed by atoms with E-state index in [1.807, 2.05) is 67.6 Å². The molecule has 3 rings (SSSR count). The van der Waals surface area contributed by atoms with Gasteiger partial charge in [0.05, 0.1) is 12.7 Å². The van der Waals surface area contributed by atoms with Crippen LogP contribution in [-0.2, 0) is 6.54 Å². The molecule has 0 radical (unpaired) electrons. The van der Waals surface area contributed by atoms with Crippen LogP contribution in [0.1, 0.15) is 39.2 Å². The van der Waals surface area contributed by atoms with Gasteiger partial charge >= 0.3 is 0 Å². The van der Waals surface area contributed by atoms with E-state index in [0.29, 0.717) is 6.61 Å². The van der Waals surface area contributed by atoms with Gasteiger partial charge in [-0.15, -0.1) is 0 Å². The minimum absolute atomic E-state index is 0.252. The number of ether oxygens (including phenoxy) is 3. The average molecular weight is 406 g/mol. The first kappa shape index (κ1) is 21.6. The molecule has 30 heavy (non-hydrogen) atoms. The number of hydrogen-bond acceptors (Lipinski definition) is 4. The fourth-order valence-corrected chi connectivity index (χ4v) is 3.14. The van der Waals surface area contributed by atoms with Gasteiger partial charge in [0.1, 0.15) is 23.0 Å². The molecule has 3 aromatic carbocycles. The smallest absolute Gasteiger partial charge is 0.127 e. The number of benzene rings is 3. The largest absolute Gasteiger partial charge is 0.494 e. The van der Waals surface area contributed by atoms with Crippen molar-refractivity contribution >= 4 is 5.69 Å². The van der Waals surface area contributed by atoms with Gasteiger partial charge in [0, 0.05) is 12.2 Å². The Balaban J connectivity index is 1.48. The lowest BCUT2D eigenvalue weighted by Crippen LogP contribution is -2.10. The van der Waals surface area contributed by atoms with Gasteiger partial charge in [-0.25, -0.2) is 0 Å². The lowest BCUT2D eigenvalue weighted by Gasteiger charge is -2.14. The zero-order valence-electron chi connectivity index (χ0n) is 18.1. The summed E-state index contributed by atoms with van der Waals surface area (Å²) in [7, 11) is 0. The Labute approximate surface area is 179 Å². The lowest BCUT2D eigenvalue weighted by molar-refractivity contribution is 0.210. The number of nitrogens with one attached hydrogen (secondary N) is 1. The average Bonchev–Trinajstić information content (AvgIpc) is 2.76. The Morgan fingerprint density at radius 1 is 0.733 bits per heavy atom. The third kappa shape index (κ3) is 6.73. The molecule has 4 heteroatoms.